The first-order chi connectivity index (χ1) is 8.66. The van der Waals surface area contributed by atoms with Gasteiger partial charge in [-0.3, -0.25) is 4.79 Å². The number of morpholine rings is 1. The van der Waals surface area contributed by atoms with Crippen molar-refractivity contribution in [1.29, 1.82) is 0 Å². The first-order valence-electron chi connectivity index (χ1n) is 6.61. The molecule has 0 bridgehead atoms. The number of hydrogen-bond acceptors (Lipinski definition) is 3. The maximum atomic E-state index is 12.0. The molecule has 0 saturated carbocycles. The molecular weight excluding hydrogens is 234 g/mol. The Morgan fingerprint density at radius 3 is 3.11 bits per heavy atom. The average Bonchev–Trinajstić information content (AvgIpc) is 2.55. The van der Waals surface area contributed by atoms with E-state index in [1.807, 2.05) is 6.92 Å². The number of nitrogens with one attached hydrogen (secondary N) is 2. The summed E-state index contributed by atoms with van der Waals surface area (Å²) in [6.45, 7) is 4.38. The van der Waals surface area contributed by atoms with Crippen molar-refractivity contribution in [1.82, 2.24) is 15.5 Å². The van der Waals surface area contributed by atoms with Crippen molar-refractivity contribution in [3.05, 3.63) is 0 Å². The molecule has 2 aliphatic rings. The van der Waals surface area contributed by atoms with Gasteiger partial charge in [0.1, 0.15) is 6.04 Å². The number of carbonyl (C=O) groups is 2. The lowest BCUT2D eigenvalue weighted by Gasteiger charge is -2.32. The molecule has 0 aromatic heterocycles. The number of ether oxygens (including phenoxy) is 1. The number of urea groups is 1. The number of carbonyl (C=O) groups excluding carboxylic acids is 2. The van der Waals surface area contributed by atoms with Crippen LogP contribution < -0.4 is 10.6 Å². The van der Waals surface area contributed by atoms with Gasteiger partial charge in [0.25, 0.3) is 0 Å². The Morgan fingerprint density at radius 1 is 1.50 bits per heavy atom. The van der Waals surface area contributed by atoms with Gasteiger partial charge in [-0.15, -0.1) is 0 Å². The highest BCUT2D eigenvalue weighted by atomic mass is 16.5. The monoisotopic (exact) mass is 255 g/mol. The van der Waals surface area contributed by atoms with E-state index in [4.69, 9.17) is 4.74 Å². The zero-order valence-corrected chi connectivity index (χ0v) is 10.8. The fourth-order valence-electron chi connectivity index (χ4n) is 2.32. The van der Waals surface area contributed by atoms with Crippen molar-refractivity contribution in [3.63, 3.8) is 0 Å². The lowest BCUT2D eigenvalue weighted by Crippen LogP contribution is -2.54. The van der Waals surface area contributed by atoms with Gasteiger partial charge in [0.15, 0.2) is 0 Å². The molecule has 102 valence electrons. The Morgan fingerprint density at radius 2 is 2.33 bits per heavy atom. The van der Waals surface area contributed by atoms with Crippen molar-refractivity contribution in [2.24, 2.45) is 0 Å². The van der Waals surface area contributed by atoms with Crippen molar-refractivity contribution >= 4 is 11.9 Å². The maximum Gasteiger partial charge on any atom is 0.318 e. The third-order valence-electron chi connectivity index (χ3n) is 3.36. The third-order valence-corrected chi connectivity index (χ3v) is 3.36. The van der Waals surface area contributed by atoms with Crippen molar-refractivity contribution in [3.8, 4) is 0 Å². The van der Waals surface area contributed by atoms with Crippen LogP contribution in [0, 0.1) is 0 Å². The summed E-state index contributed by atoms with van der Waals surface area (Å²) in [7, 11) is 0. The van der Waals surface area contributed by atoms with Gasteiger partial charge in [-0.05, 0) is 26.2 Å². The Labute approximate surface area is 107 Å². The van der Waals surface area contributed by atoms with E-state index in [1.165, 1.54) is 0 Å². The topological polar surface area (TPSA) is 70.7 Å². The Balaban J connectivity index is 1.87. The van der Waals surface area contributed by atoms with Crippen molar-refractivity contribution in [2.75, 3.05) is 26.2 Å². The zero-order chi connectivity index (χ0) is 13.0. The van der Waals surface area contributed by atoms with E-state index < -0.39 is 6.04 Å². The zero-order valence-electron chi connectivity index (χ0n) is 10.8. The van der Waals surface area contributed by atoms with Gasteiger partial charge < -0.3 is 20.3 Å². The molecule has 0 aliphatic carbocycles. The van der Waals surface area contributed by atoms with Crippen LogP contribution in [0.3, 0.4) is 0 Å². The van der Waals surface area contributed by atoms with Crippen molar-refractivity contribution in [2.45, 2.75) is 38.3 Å². The lowest BCUT2D eigenvalue weighted by molar-refractivity contribution is -0.122. The summed E-state index contributed by atoms with van der Waals surface area (Å²) in [5.74, 6) is -0.0674. The summed E-state index contributed by atoms with van der Waals surface area (Å²) in [5.41, 5.74) is 0. The fourth-order valence-corrected chi connectivity index (χ4v) is 2.32. The van der Waals surface area contributed by atoms with Gasteiger partial charge in [0, 0.05) is 19.6 Å². The summed E-state index contributed by atoms with van der Waals surface area (Å²) in [5, 5.41) is 5.63. The molecule has 2 aliphatic heterocycles. The molecule has 2 fully saturated rings. The number of nitrogens with zero attached hydrogens (tertiary/aromatic N) is 1. The molecule has 2 heterocycles. The normalized spacial score (nSPS) is 29.4. The molecule has 0 spiro atoms. The minimum absolute atomic E-state index is 0.0625. The predicted octanol–water partition coefficient (Wildman–Crippen LogP) is 0.0854. The molecule has 0 radical (unpaired) electrons. The van der Waals surface area contributed by atoms with Gasteiger partial charge >= 0.3 is 6.03 Å². The van der Waals surface area contributed by atoms with Gasteiger partial charge in [0.2, 0.25) is 5.91 Å². The Kier molecular flexibility index (Phi) is 4.41. The molecule has 6 nitrogen and oxygen atoms in total. The largest absolute Gasteiger partial charge is 0.375 e. The molecule has 18 heavy (non-hydrogen) atoms. The summed E-state index contributed by atoms with van der Waals surface area (Å²) in [6.07, 6.45) is 2.72. The SMILES string of the molecule is CC1CN(C(=O)NC2CCCCNC2=O)CCO1. The Bertz CT molecular complexity index is 322. The highest BCUT2D eigenvalue weighted by Crippen LogP contribution is 2.08. The lowest BCUT2D eigenvalue weighted by atomic mass is 10.1. The first-order valence-corrected chi connectivity index (χ1v) is 6.61. The Hall–Kier alpha value is -1.30. The molecular formula is C12H21N3O3. The molecule has 2 atom stereocenters. The minimum atomic E-state index is -0.391. The average molecular weight is 255 g/mol. The van der Waals surface area contributed by atoms with E-state index in [0.717, 1.165) is 19.3 Å². The maximum absolute atomic E-state index is 12.0. The van der Waals surface area contributed by atoms with Crippen LogP contribution in [0.4, 0.5) is 4.79 Å². The van der Waals surface area contributed by atoms with Gasteiger partial charge in [-0.25, -0.2) is 4.79 Å². The summed E-state index contributed by atoms with van der Waals surface area (Å²) < 4.78 is 5.39. The summed E-state index contributed by atoms with van der Waals surface area (Å²) in [6, 6.07) is -0.551. The van der Waals surface area contributed by atoms with Crippen LogP contribution in [0.1, 0.15) is 26.2 Å². The van der Waals surface area contributed by atoms with E-state index in [1.54, 1.807) is 4.90 Å². The highest BCUT2D eigenvalue weighted by molar-refractivity contribution is 5.87. The predicted molar refractivity (Wildman–Crippen MR) is 66.2 cm³/mol. The molecule has 3 amide bonds. The minimum Gasteiger partial charge on any atom is -0.375 e. The standard InChI is InChI=1S/C12H21N3O3/c1-9-8-15(6-7-18-9)12(17)14-10-4-2-3-5-13-11(10)16/h9-10H,2-8H2,1H3,(H,13,16)(H,14,17). The van der Waals surface area contributed by atoms with Crippen LogP contribution in [-0.4, -0.2) is 55.2 Å². The van der Waals surface area contributed by atoms with E-state index in [-0.39, 0.29) is 18.0 Å². The van der Waals surface area contributed by atoms with E-state index >= 15 is 0 Å². The smallest absolute Gasteiger partial charge is 0.318 e. The molecule has 2 unspecified atom stereocenters. The molecule has 0 aromatic rings. The highest BCUT2D eigenvalue weighted by Gasteiger charge is 2.27. The molecule has 0 aromatic carbocycles. The second-order valence-corrected chi connectivity index (χ2v) is 4.92. The van der Waals surface area contributed by atoms with Crippen LogP contribution >= 0.6 is 0 Å². The van der Waals surface area contributed by atoms with E-state index in [2.05, 4.69) is 10.6 Å². The number of hydrogen-bond donors (Lipinski definition) is 2. The number of rotatable bonds is 1. The third kappa shape index (κ3) is 3.35. The second kappa shape index (κ2) is 6.04. The molecule has 2 N–H and O–H groups in total. The summed E-state index contributed by atoms with van der Waals surface area (Å²) in [4.78, 5) is 25.5. The van der Waals surface area contributed by atoms with Crippen LogP contribution in [0.2, 0.25) is 0 Å². The van der Waals surface area contributed by atoms with Gasteiger partial charge in [-0.1, -0.05) is 0 Å². The molecule has 2 rings (SSSR count). The summed E-state index contributed by atoms with van der Waals surface area (Å²) >= 11 is 0. The molecule has 6 heteroatoms. The molecule has 2 saturated heterocycles. The first kappa shape index (κ1) is 13.1. The van der Waals surface area contributed by atoms with Crippen LogP contribution in [0.25, 0.3) is 0 Å². The van der Waals surface area contributed by atoms with E-state index in [9.17, 15) is 9.59 Å². The van der Waals surface area contributed by atoms with Crippen LogP contribution in [0.15, 0.2) is 0 Å². The van der Waals surface area contributed by atoms with Crippen LogP contribution in [-0.2, 0) is 9.53 Å². The van der Waals surface area contributed by atoms with E-state index in [0.29, 0.717) is 26.2 Å². The van der Waals surface area contributed by atoms with Gasteiger partial charge in [-0.2, -0.15) is 0 Å². The van der Waals surface area contributed by atoms with Gasteiger partial charge in [0.05, 0.1) is 12.7 Å². The van der Waals surface area contributed by atoms with Crippen molar-refractivity contribution < 1.29 is 14.3 Å². The quantitative estimate of drug-likeness (QED) is 0.697. The second-order valence-electron chi connectivity index (χ2n) is 4.92. The number of amides is 3. The fraction of sp³-hybridized carbons (Fsp3) is 0.833. The van der Waals surface area contributed by atoms with Crippen LogP contribution in [0.5, 0.6) is 0 Å².